The lowest BCUT2D eigenvalue weighted by Crippen LogP contribution is -2.48. The van der Waals surface area contributed by atoms with Crippen LogP contribution in [0, 0.1) is 5.41 Å². The summed E-state index contributed by atoms with van der Waals surface area (Å²) in [5, 5.41) is 12.7. The molecule has 2 aliphatic rings. The predicted molar refractivity (Wildman–Crippen MR) is 125 cm³/mol. The molecule has 0 aliphatic heterocycles. The maximum atomic E-state index is 13.0. The van der Waals surface area contributed by atoms with Gasteiger partial charge in [-0.2, -0.15) is 0 Å². The van der Waals surface area contributed by atoms with Crippen LogP contribution in [0.25, 0.3) is 0 Å². The Morgan fingerprint density at radius 2 is 1.55 bits per heavy atom. The second-order valence-electron chi connectivity index (χ2n) is 9.94. The molecule has 1 amide bonds. The highest BCUT2D eigenvalue weighted by molar-refractivity contribution is 5.87. The van der Waals surface area contributed by atoms with Gasteiger partial charge in [-0.05, 0) is 49.1 Å². The molecule has 0 bridgehead atoms. The molecule has 4 nitrogen and oxygen atoms in total. The molecule has 4 heteroatoms. The van der Waals surface area contributed by atoms with Crippen LogP contribution in [0.1, 0.15) is 114 Å². The van der Waals surface area contributed by atoms with Crippen molar-refractivity contribution in [1.29, 1.82) is 0 Å². The first-order chi connectivity index (χ1) is 15.0. The molecule has 3 rings (SSSR count). The van der Waals surface area contributed by atoms with E-state index in [1.54, 1.807) is 0 Å². The van der Waals surface area contributed by atoms with Crippen molar-refractivity contribution in [2.45, 2.75) is 115 Å². The summed E-state index contributed by atoms with van der Waals surface area (Å²) in [6.07, 6.45) is 16.6. The summed E-state index contributed by atoms with van der Waals surface area (Å²) in [6, 6.07) is 7.66. The van der Waals surface area contributed by atoms with Crippen LogP contribution >= 0.6 is 0 Å². The molecule has 2 N–H and O–H groups in total. The lowest BCUT2D eigenvalue weighted by Gasteiger charge is -2.29. The lowest BCUT2D eigenvalue weighted by molar-refractivity contribution is -0.144. The first-order valence-corrected chi connectivity index (χ1v) is 12.7. The molecule has 172 valence electrons. The van der Waals surface area contributed by atoms with Gasteiger partial charge < -0.3 is 10.4 Å². The molecule has 2 saturated carbocycles. The summed E-state index contributed by atoms with van der Waals surface area (Å²) < 4.78 is 0. The van der Waals surface area contributed by atoms with Gasteiger partial charge in [-0.15, -0.1) is 0 Å². The maximum absolute atomic E-state index is 13.0. The SMILES string of the molecule is CCCC1(C(=O)NC(Cc2ccc(C3CCCCCCCC3)cc2)C(=O)O)CCCC1. The average Bonchev–Trinajstić information content (AvgIpc) is 3.28. The van der Waals surface area contributed by atoms with Crippen LogP contribution in [0.4, 0.5) is 0 Å². The number of aliphatic carboxylic acids is 1. The molecule has 31 heavy (non-hydrogen) atoms. The van der Waals surface area contributed by atoms with Crippen molar-refractivity contribution in [3.8, 4) is 0 Å². The molecular formula is C27H41NO3. The van der Waals surface area contributed by atoms with Crippen molar-refractivity contribution in [1.82, 2.24) is 5.32 Å². The fourth-order valence-corrected chi connectivity index (χ4v) is 5.76. The smallest absolute Gasteiger partial charge is 0.326 e. The van der Waals surface area contributed by atoms with Gasteiger partial charge in [-0.1, -0.05) is 89.0 Å². The summed E-state index contributed by atoms with van der Waals surface area (Å²) in [5.41, 5.74) is 2.01. The Kier molecular flexibility index (Phi) is 8.98. The number of carbonyl (C=O) groups excluding carboxylic acids is 1. The minimum atomic E-state index is -0.946. The number of amides is 1. The molecule has 1 aromatic carbocycles. The van der Waals surface area contributed by atoms with E-state index in [1.165, 1.54) is 56.9 Å². The standard InChI is InChI=1S/C27H41NO3/c1-2-17-27(18-9-10-19-27)26(31)28-24(25(29)30)20-21-13-15-23(16-14-21)22-11-7-5-3-4-6-8-12-22/h13-16,22,24H,2-12,17-20H2,1H3,(H,28,31)(H,29,30). The zero-order valence-electron chi connectivity index (χ0n) is 19.3. The molecule has 2 fully saturated rings. The molecule has 1 atom stereocenters. The Morgan fingerprint density at radius 1 is 0.968 bits per heavy atom. The Hall–Kier alpha value is -1.84. The second kappa shape index (κ2) is 11.7. The molecule has 2 aliphatic carbocycles. The fourth-order valence-electron chi connectivity index (χ4n) is 5.76. The predicted octanol–water partition coefficient (Wildman–Crippen LogP) is 6.38. The number of carboxylic acid groups (broad SMARTS) is 1. The molecule has 0 radical (unpaired) electrons. The number of carboxylic acids is 1. The van der Waals surface area contributed by atoms with Gasteiger partial charge in [0.1, 0.15) is 6.04 Å². The number of hydrogen-bond donors (Lipinski definition) is 2. The van der Waals surface area contributed by atoms with Gasteiger partial charge >= 0.3 is 5.97 Å². The average molecular weight is 428 g/mol. The molecule has 0 saturated heterocycles. The van der Waals surface area contributed by atoms with E-state index in [-0.39, 0.29) is 11.3 Å². The number of benzene rings is 1. The summed E-state index contributed by atoms with van der Waals surface area (Å²) in [4.78, 5) is 25.0. The van der Waals surface area contributed by atoms with Crippen LogP contribution in [0.3, 0.4) is 0 Å². The summed E-state index contributed by atoms with van der Waals surface area (Å²) in [5.74, 6) is -0.377. The van der Waals surface area contributed by atoms with Gasteiger partial charge in [-0.25, -0.2) is 4.79 Å². The van der Waals surface area contributed by atoms with Crippen molar-refractivity contribution in [3.05, 3.63) is 35.4 Å². The van der Waals surface area contributed by atoms with Gasteiger partial charge in [-0.3, -0.25) is 4.79 Å². The largest absolute Gasteiger partial charge is 0.480 e. The third kappa shape index (κ3) is 6.57. The van der Waals surface area contributed by atoms with Crippen LogP contribution in [-0.2, 0) is 16.0 Å². The van der Waals surface area contributed by atoms with Crippen LogP contribution in [0.2, 0.25) is 0 Å². The molecular weight excluding hydrogens is 386 g/mol. The molecule has 0 aromatic heterocycles. The van der Waals surface area contributed by atoms with E-state index in [0.29, 0.717) is 12.3 Å². The highest BCUT2D eigenvalue weighted by Crippen LogP contribution is 2.42. The summed E-state index contributed by atoms with van der Waals surface area (Å²) >= 11 is 0. The van der Waals surface area contributed by atoms with E-state index in [9.17, 15) is 14.7 Å². The van der Waals surface area contributed by atoms with E-state index < -0.39 is 12.0 Å². The second-order valence-corrected chi connectivity index (χ2v) is 9.94. The zero-order chi connectivity index (χ0) is 22.1. The highest BCUT2D eigenvalue weighted by Gasteiger charge is 2.41. The Balaban J connectivity index is 1.63. The van der Waals surface area contributed by atoms with Crippen LogP contribution in [0.5, 0.6) is 0 Å². The van der Waals surface area contributed by atoms with Crippen molar-refractivity contribution < 1.29 is 14.7 Å². The monoisotopic (exact) mass is 427 g/mol. The molecule has 1 unspecified atom stereocenters. The number of carbonyl (C=O) groups is 2. The number of nitrogens with one attached hydrogen (secondary N) is 1. The third-order valence-corrected chi connectivity index (χ3v) is 7.62. The van der Waals surface area contributed by atoms with Crippen molar-refractivity contribution in [3.63, 3.8) is 0 Å². The normalized spacial score (nSPS) is 20.9. The zero-order valence-corrected chi connectivity index (χ0v) is 19.3. The van der Waals surface area contributed by atoms with E-state index in [2.05, 4.69) is 36.5 Å². The summed E-state index contributed by atoms with van der Waals surface area (Å²) in [7, 11) is 0. The quantitative estimate of drug-likeness (QED) is 0.506. The lowest BCUT2D eigenvalue weighted by atomic mass is 9.80. The van der Waals surface area contributed by atoms with Gasteiger partial charge in [0.2, 0.25) is 5.91 Å². The van der Waals surface area contributed by atoms with E-state index in [4.69, 9.17) is 0 Å². The molecule has 0 spiro atoms. The van der Waals surface area contributed by atoms with Gasteiger partial charge in [0, 0.05) is 11.8 Å². The minimum absolute atomic E-state index is 0.0542. The van der Waals surface area contributed by atoms with Crippen molar-refractivity contribution in [2.75, 3.05) is 0 Å². The number of rotatable bonds is 8. The van der Waals surface area contributed by atoms with E-state index >= 15 is 0 Å². The topological polar surface area (TPSA) is 66.4 Å². The van der Waals surface area contributed by atoms with Crippen molar-refractivity contribution in [2.24, 2.45) is 5.41 Å². The van der Waals surface area contributed by atoms with Crippen molar-refractivity contribution >= 4 is 11.9 Å². The van der Waals surface area contributed by atoms with Gasteiger partial charge in [0.25, 0.3) is 0 Å². The third-order valence-electron chi connectivity index (χ3n) is 7.62. The first-order valence-electron chi connectivity index (χ1n) is 12.7. The summed E-state index contributed by atoms with van der Waals surface area (Å²) in [6.45, 7) is 2.10. The Morgan fingerprint density at radius 3 is 2.10 bits per heavy atom. The maximum Gasteiger partial charge on any atom is 0.326 e. The van der Waals surface area contributed by atoms with Gasteiger partial charge in [0.15, 0.2) is 0 Å². The minimum Gasteiger partial charge on any atom is -0.480 e. The Labute approximate surface area is 188 Å². The number of hydrogen-bond acceptors (Lipinski definition) is 2. The molecule has 1 aromatic rings. The fraction of sp³-hybridized carbons (Fsp3) is 0.704. The van der Waals surface area contributed by atoms with E-state index in [1.807, 2.05) is 0 Å². The molecule has 0 heterocycles. The van der Waals surface area contributed by atoms with Gasteiger partial charge in [0.05, 0.1) is 0 Å². The van der Waals surface area contributed by atoms with Crippen LogP contribution in [-0.4, -0.2) is 23.0 Å². The van der Waals surface area contributed by atoms with E-state index in [0.717, 1.165) is 44.1 Å². The van der Waals surface area contributed by atoms with Crippen LogP contribution in [0.15, 0.2) is 24.3 Å². The van der Waals surface area contributed by atoms with Crippen LogP contribution < -0.4 is 5.32 Å². The highest BCUT2D eigenvalue weighted by atomic mass is 16.4. The first kappa shape index (κ1) is 23.8. The Bertz CT molecular complexity index is 696.